The van der Waals surface area contributed by atoms with Crippen molar-refractivity contribution in [2.45, 2.75) is 12.9 Å². The highest BCUT2D eigenvalue weighted by Crippen LogP contribution is 2.29. The third-order valence-electron chi connectivity index (χ3n) is 3.83. The van der Waals surface area contributed by atoms with Crippen LogP contribution < -0.4 is 9.64 Å². The van der Waals surface area contributed by atoms with E-state index in [1.165, 1.54) is 4.90 Å². The molecule has 3 aromatic rings. The highest BCUT2D eigenvalue weighted by Gasteiger charge is 2.31. The highest BCUT2D eigenvalue weighted by molar-refractivity contribution is 6.34. The minimum Gasteiger partial charge on any atom is -0.404 e. The molecule has 0 saturated heterocycles. The van der Waals surface area contributed by atoms with Gasteiger partial charge < -0.3 is 9.64 Å². The molecule has 3 rings (SSSR count). The van der Waals surface area contributed by atoms with Crippen LogP contribution in [0.5, 0.6) is 5.75 Å². The van der Waals surface area contributed by atoms with Gasteiger partial charge in [0.2, 0.25) is 0 Å². The lowest BCUT2D eigenvalue weighted by molar-refractivity contribution is -0.274. The van der Waals surface area contributed by atoms with Crippen LogP contribution >= 0.6 is 23.2 Å². The third-order valence-corrected chi connectivity index (χ3v) is 4.40. The first kappa shape index (κ1) is 21.0. The summed E-state index contributed by atoms with van der Waals surface area (Å²) in [7, 11) is 0. The van der Waals surface area contributed by atoms with Gasteiger partial charge in [0.15, 0.2) is 0 Å². The average Bonchev–Trinajstić information content (AvgIpc) is 2.67. The first-order chi connectivity index (χ1) is 13.7. The van der Waals surface area contributed by atoms with E-state index in [0.29, 0.717) is 15.7 Å². The predicted octanol–water partition coefficient (Wildman–Crippen LogP) is 6.13. The van der Waals surface area contributed by atoms with E-state index in [1.54, 1.807) is 48.5 Å². The van der Waals surface area contributed by atoms with E-state index in [1.807, 2.05) is 0 Å². The number of nitrogens with zero attached hydrogens (tertiary/aromatic N) is 2. The minimum absolute atomic E-state index is 0.0617. The summed E-state index contributed by atoms with van der Waals surface area (Å²) in [5.74, 6) is -1.05. The Kier molecular flexibility index (Phi) is 6.30. The molecule has 0 saturated carbocycles. The summed E-state index contributed by atoms with van der Waals surface area (Å²) in [6.07, 6.45) is -4.00. The molecule has 0 unspecified atom stereocenters. The molecule has 150 valence electrons. The predicted molar refractivity (Wildman–Crippen MR) is 104 cm³/mol. The van der Waals surface area contributed by atoms with Crippen LogP contribution in [0, 0.1) is 0 Å². The molecule has 0 spiro atoms. The monoisotopic (exact) mass is 440 g/mol. The first-order valence-electron chi connectivity index (χ1n) is 8.25. The van der Waals surface area contributed by atoms with Crippen LogP contribution in [0.3, 0.4) is 0 Å². The van der Waals surface area contributed by atoms with Gasteiger partial charge in [0.05, 0.1) is 23.5 Å². The lowest BCUT2D eigenvalue weighted by Gasteiger charge is -2.24. The number of halogens is 5. The van der Waals surface area contributed by atoms with E-state index in [4.69, 9.17) is 23.2 Å². The standard InChI is InChI=1S/C20H13Cl2F3N2O2/c21-14-7-5-13(6-8-14)12-27(18-4-2-1-3-16(18)22)19(28)17-10-9-15(11-26-17)29-20(23,24)25/h1-11H,12H2. The van der Waals surface area contributed by atoms with Crippen LogP contribution in [0.15, 0.2) is 66.9 Å². The maximum Gasteiger partial charge on any atom is 0.573 e. The average molecular weight is 441 g/mol. The fourth-order valence-electron chi connectivity index (χ4n) is 2.55. The number of anilines is 1. The maximum atomic E-state index is 13.1. The molecule has 0 N–H and O–H groups in total. The number of para-hydroxylation sites is 1. The molecular weight excluding hydrogens is 428 g/mol. The Hall–Kier alpha value is -2.77. The summed E-state index contributed by atoms with van der Waals surface area (Å²) in [5, 5.41) is 0.887. The zero-order valence-corrected chi connectivity index (χ0v) is 16.2. The Morgan fingerprint density at radius 1 is 1.00 bits per heavy atom. The summed E-state index contributed by atoms with van der Waals surface area (Å²) < 4.78 is 40.7. The first-order valence-corrected chi connectivity index (χ1v) is 9.01. The lowest BCUT2D eigenvalue weighted by atomic mass is 10.1. The Morgan fingerprint density at radius 2 is 1.69 bits per heavy atom. The summed E-state index contributed by atoms with van der Waals surface area (Å²) >= 11 is 12.2. The SMILES string of the molecule is O=C(c1ccc(OC(F)(F)F)cn1)N(Cc1ccc(Cl)cc1)c1ccccc1Cl. The molecule has 9 heteroatoms. The zero-order valence-electron chi connectivity index (χ0n) is 14.7. The lowest BCUT2D eigenvalue weighted by Crippen LogP contribution is -2.31. The number of alkyl halides is 3. The number of carbonyl (C=O) groups excluding carboxylic acids is 1. The van der Waals surface area contributed by atoms with Gasteiger partial charge in [-0.1, -0.05) is 47.5 Å². The Bertz CT molecular complexity index is 994. The molecule has 0 aliphatic rings. The molecule has 29 heavy (non-hydrogen) atoms. The van der Waals surface area contributed by atoms with Gasteiger partial charge in [0.1, 0.15) is 11.4 Å². The number of hydrogen-bond acceptors (Lipinski definition) is 3. The normalized spacial score (nSPS) is 11.2. The Morgan fingerprint density at radius 3 is 2.28 bits per heavy atom. The molecule has 1 heterocycles. The topological polar surface area (TPSA) is 42.4 Å². The number of ether oxygens (including phenoxy) is 1. The molecule has 0 radical (unpaired) electrons. The van der Waals surface area contributed by atoms with Gasteiger partial charge in [-0.3, -0.25) is 4.79 Å². The maximum absolute atomic E-state index is 13.1. The van der Waals surface area contributed by atoms with Crippen LogP contribution in [-0.4, -0.2) is 17.3 Å². The number of rotatable bonds is 5. The van der Waals surface area contributed by atoms with E-state index in [2.05, 4.69) is 9.72 Å². The van der Waals surface area contributed by atoms with Crippen molar-refractivity contribution < 1.29 is 22.7 Å². The van der Waals surface area contributed by atoms with Crippen LogP contribution in [0.4, 0.5) is 18.9 Å². The summed E-state index contributed by atoms with van der Waals surface area (Å²) in [6.45, 7) is 0.155. The van der Waals surface area contributed by atoms with E-state index < -0.39 is 18.0 Å². The summed E-state index contributed by atoms with van der Waals surface area (Å²) in [6, 6.07) is 15.8. The second-order valence-electron chi connectivity index (χ2n) is 5.90. The summed E-state index contributed by atoms with van der Waals surface area (Å²) in [5.41, 5.74) is 1.15. The number of aromatic nitrogens is 1. The van der Waals surface area contributed by atoms with Gasteiger partial charge in [-0.05, 0) is 42.0 Å². The number of carbonyl (C=O) groups is 1. The molecule has 0 fully saturated rings. The minimum atomic E-state index is -4.84. The van der Waals surface area contributed by atoms with Crippen molar-refractivity contribution in [3.63, 3.8) is 0 Å². The second kappa shape index (κ2) is 8.71. The van der Waals surface area contributed by atoms with Gasteiger partial charge in [-0.25, -0.2) is 4.98 Å². The van der Waals surface area contributed by atoms with Crippen molar-refractivity contribution in [3.05, 3.63) is 88.2 Å². The summed E-state index contributed by atoms with van der Waals surface area (Å²) in [4.78, 5) is 18.3. The van der Waals surface area contributed by atoms with Crippen molar-refractivity contribution in [2.24, 2.45) is 0 Å². The van der Waals surface area contributed by atoms with Crippen molar-refractivity contribution in [2.75, 3.05) is 4.90 Å². The molecule has 1 aromatic heterocycles. The molecule has 0 aliphatic heterocycles. The largest absolute Gasteiger partial charge is 0.573 e. The number of benzene rings is 2. The molecule has 0 atom stereocenters. The van der Waals surface area contributed by atoms with Crippen molar-refractivity contribution >= 4 is 34.8 Å². The van der Waals surface area contributed by atoms with E-state index in [-0.39, 0.29) is 12.2 Å². The fraction of sp³-hybridized carbons (Fsp3) is 0.100. The molecule has 0 bridgehead atoms. The van der Waals surface area contributed by atoms with Gasteiger partial charge in [-0.2, -0.15) is 0 Å². The smallest absolute Gasteiger partial charge is 0.404 e. The van der Waals surface area contributed by atoms with Crippen molar-refractivity contribution in [1.29, 1.82) is 0 Å². The van der Waals surface area contributed by atoms with Crippen molar-refractivity contribution in [1.82, 2.24) is 4.98 Å². The quantitative estimate of drug-likeness (QED) is 0.478. The number of amides is 1. The Balaban J connectivity index is 1.92. The third kappa shape index (κ3) is 5.62. The number of pyridine rings is 1. The van der Waals surface area contributed by atoms with Gasteiger partial charge in [0, 0.05) is 5.02 Å². The van der Waals surface area contributed by atoms with Gasteiger partial charge in [0.25, 0.3) is 5.91 Å². The van der Waals surface area contributed by atoms with E-state index >= 15 is 0 Å². The number of hydrogen-bond donors (Lipinski definition) is 0. The van der Waals surface area contributed by atoms with Crippen LogP contribution in [-0.2, 0) is 6.54 Å². The van der Waals surface area contributed by atoms with Gasteiger partial charge >= 0.3 is 6.36 Å². The second-order valence-corrected chi connectivity index (χ2v) is 6.74. The van der Waals surface area contributed by atoms with Crippen LogP contribution in [0.1, 0.15) is 16.1 Å². The zero-order chi connectivity index (χ0) is 21.0. The van der Waals surface area contributed by atoms with Gasteiger partial charge in [-0.15, -0.1) is 13.2 Å². The molecule has 2 aromatic carbocycles. The molecular formula is C20H13Cl2F3N2O2. The molecule has 1 amide bonds. The molecule has 4 nitrogen and oxygen atoms in total. The highest BCUT2D eigenvalue weighted by atomic mass is 35.5. The van der Waals surface area contributed by atoms with Crippen molar-refractivity contribution in [3.8, 4) is 5.75 Å². The van der Waals surface area contributed by atoms with E-state index in [0.717, 1.165) is 23.9 Å². The Labute approximate surface area is 174 Å². The molecule has 0 aliphatic carbocycles. The van der Waals surface area contributed by atoms with Crippen LogP contribution in [0.25, 0.3) is 0 Å². The van der Waals surface area contributed by atoms with E-state index in [9.17, 15) is 18.0 Å². The fourth-order valence-corrected chi connectivity index (χ4v) is 2.91. The van der Waals surface area contributed by atoms with Crippen LogP contribution in [0.2, 0.25) is 10.0 Å².